The van der Waals surface area contributed by atoms with Crippen LogP contribution in [0.25, 0.3) is 0 Å². The number of rotatable bonds is 4. The van der Waals surface area contributed by atoms with Crippen molar-refractivity contribution in [1.29, 1.82) is 0 Å². The lowest BCUT2D eigenvalue weighted by atomic mass is 9.88. The van der Waals surface area contributed by atoms with Crippen molar-refractivity contribution in [3.05, 3.63) is 35.4 Å². The van der Waals surface area contributed by atoms with Gasteiger partial charge in [-0.15, -0.1) is 12.4 Å². The molecule has 0 aromatic heterocycles. The van der Waals surface area contributed by atoms with E-state index >= 15 is 0 Å². The number of piperidine rings is 1. The fourth-order valence-corrected chi connectivity index (χ4v) is 3.39. The summed E-state index contributed by atoms with van der Waals surface area (Å²) in [7, 11) is 0. The number of amides is 1. The highest BCUT2D eigenvalue weighted by Gasteiger charge is 2.30. The number of halogens is 3. The van der Waals surface area contributed by atoms with Crippen LogP contribution in [0.15, 0.2) is 18.2 Å². The first-order valence-corrected chi connectivity index (χ1v) is 8.63. The summed E-state index contributed by atoms with van der Waals surface area (Å²) in [6.07, 6.45) is 1.31. The SMILES string of the molecule is Cl.O=C(c1cc(F)ccc1F)C1CCN(C(=O)CC2COCCN2)CC1. The minimum Gasteiger partial charge on any atom is -0.378 e. The minimum atomic E-state index is -0.701. The molecule has 3 rings (SSSR count). The molecule has 1 unspecified atom stereocenters. The second-order valence-electron chi connectivity index (χ2n) is 6.57. The number of ether oxygens (including phenoxy) is 1. The van der Waals surface area contributed by atoms with E-state index in [1.54, 1.807) is 4.90 Å². The number of benzene rings is 1. The Hall–Kier alpha value is -1.57. The van der Waals surface area contributed by atoms with Gasteiger partial charge in [0.05, 0.1) is 18.8 Å². The molecule has 5 nitrogen and oxygen atoms in total. The topological polar surface area (TPSA) is 58.6 Å². The predicted molar refractivity (Wildman–Crippen MR) is 94.5 cm³/mol. The summed E-state index contributed by atoms with van der Waals surface area (Å²) in [4.78, 5) is 26.5. The Morgan fingerprint density at radius 2 is 1.96 bits per heavy atom. The van der Waals surface area contributed by atoms with Crippen LogP contribution in [0.2, 0.25) is 0 Å². The van der Waals surface area contributed by atoms with E-state index < -0.39 is 11.6 Å². The zero-order valence-corrected chi connectivity index (χ0v) is 15.2. The van der Waals surface area contributed by atoms with E-state index in [9.17, 15) is 18.4 Å². The fraction of sp³-hybridized carbons (Fsp3) is 0.556. The molecule has 0 saturated carbocycles. The van der Waals surface area contributed by atoms with Crippen LogP contribution in [0.1, 0.15) is 29.6 Å². The van der Waals surface area contributed by atoms with Gasteiger partial charge in [0.25, 0.3) is 0 Å². The van der Waals surface area contributed by atoms with E-state index in [1.165, 1.54) is 0 Å². The highest BCUT2D eigenvalue weighted by atomic mass is 35.5. The van der Waals surface area contributed by atoms with E-state index in [2.05, 4.69) is 5.32 Å². The third-order valence-electron chi connectivity index (χ3n) is 4.83. The van der Waals surface area contributed by atoms with Gasteiger partial charge in [0.2, 0.25) is 5.91 Å². The Balaban J connectivity index is 0.00000243. The number of nitrogens with zero attached hydrogens (tertiary/aromatic N) is 1. The van der Waals surface area contributed by atoms with Crippen molar-refractivity contribution in [2.24, 2.45) is 5.92 Å². The first-order chi connectivity index (χ1) is 12.0. The van der Waals surface area contributed by atoms with Gasteiger partial charge in [0.15, 0.2) is 5.78 Å². The van der Waals surface area contributed by atoms with Gasteiger partial charge in [-0.2, -0.15) is 0 Å². The van der Waals surface area contributed by atoms with E-state index in [1.807, 2.05) is 0 Å². The Kier molecular flexibility index (Phi) is 7.49. The molecule has 1 amide bonds. The van der Waals surface area contributed by atoms with E-state index in [0.29, 0.717) is 45.6 Å². The predicted octanol–water partition coefficient (Wildman–Crippen LogP) is 2.19. The summed E-state index contributed by atoms with van der Waals surface area (Å²) < 4.78 is 32.4. The molecule has 2 aliphatic rings. The standard InChI is InChI=1S/C18H22F2N2O3.ClH/c19-13-1-2-16(20)15(9-13)18(24)12-3-6-22(7-4-12)17(23)10-14-11-25-8-5-21-14;/h1-2,9,12,14,21H,3-8,10-11H2;1H. The molecule has 0 radical (unpaired) electrons. The Morgan fingerprint density at radius 1 is 1.23 bits per heavy atom. The number of carbonyl (C=O) groups excluding carboxylic acids is 2. The van der Waals surface area contributed by atoms with Crippen LogP contribution < -0.4 is 5.32 Å². The molecule has 0 spiro atoms. The van der Waals surface area contributed by atoms with Crippen molar-refractivity contribution in [3.63, 3.8) is 0 Å². The van der Waals surface area contributed by atoms with E-state index in [0.717, 1.165) is 24.7 Å². The van der Waals surface area contributed by atoms with Gasteiger partial charge >= 0.3 is 0 Å². The van der Waals surface area contributed by atoms with Crippen molar-refractivity contribution in [3.8, 4) is 0 Å². The molecule has 2 saturated heterocycles. The van der Waals surface area contributed by atoms with Gasteiger partial charge in [-0.25, -0.2) is 8.78 Å². The number of Topliss-reactive ketones (excluding diaryl/α,β-unsaturated/α-hetero) is 1. The maximum absolute atomic E-state index is 13.8. The summed E-state index contributed by atoms with van der Waals surface area (Å²) in [6, 6.07) is 2.95. The van der Waals surface area contributed by atoms with Crippen LogP contribution in [0.3, 0.4) is 0 Å². The Bertz CT molecular complexity index is 645. The molecule has 2 aliphatic heterocycles. The molecule has 8 heteroatoms. The van der Waals surface area contributed by atoms with Crippen LogP contribution in [-0.4, -0.2) is 55.5 Å². The summed E-state index contributed by atoms with van der Waals surface area (Å²) in [5.74, 6) is -2.05. The number of hydrogen-bond donors (Lipinski definition) is 1. The van der Waals surface area contributed by atoms with Crippen molar-refractivity contribution < 1.29 is 23.1 Å². The van der Waals surface area contributed by atoms with Crippen LogP contribution in [-0.2, 0) is 9.53 Å². The van der Waals surface area contributed by atoms with E-state index in [-0.39, 0.29) is 41.6 Å². The van der Waals surface area contributed by atoms with Gasteiger partial charge in [-0.05, 0) is 31.0 Å². The third-order valence-corrected chi connectivity index (χ3v) is 4.83. The fourth-order valence-electron chi connectivity index (χ4n) is 3.39. The van der Waals surface area contributed by atoms with Crippen molar-refractivity contribution in [2.75, 3.05) is 32.8 Å². The number of carbonyl (C=O) groups is 2. The zero-order chi connectivity index (χ0) is 17.8. The molecular formula is C18H23ClF2N2O3. The van der Waals surface area contributed by atoms with Gasteiger partial charge < -0.3 is 15.0 Å². The van der Waals surface area contributed by atoms with Crippen LogP contribution in [0, 0.1) is 17.6 Å². The van der Waals surface area contributed by atoms with Gasteiger partial charge in [0, 0.05) is 38.0 Å². The van der Waals surface area contributed by atoms with Gasteiger partial charge in [0.1, 0.15) is 11.6 Å². The average molecular weight is 389 g/mol. The lowest BCUT2D eigenvalue weighted by Crippen LogP contribution is -2.47. The molecule has 26 heavy (non-hydrogen) atoms. The molecule has 0 aliphatic carbocycles. The Morgan fingerprint density at radius 3 is 2.62 bits per heavy atom. The third kappa shape index (κ3) is 4.99. The highest BCUT2D eigenvalue weighted by molar-refractivity contribution is 5.98. The van der Waals surface area contributed by atoms with Gasteiger partial charge in [-0.3, -0.25) is 9.59 Å². The van der Waals surface area contributed by atoms with Crippen molar-refractivity contribution in [1.82, 2.24) is 10.2 Å². The van der Waals surface area contributed by atoms with Crippen molar-refractivity contribution >= 4 is 24.1 Å². The zero-order valence-electron chi connectivity index (χ0n) is 14.4. The quantitative estimate of drug-likeness (QED) is 0.803. The smallest absolute Gasteiger partial charge is 0.224 e. The van der Waals surface area contributed by atoms with Crippen LogP contribution in [0.4, 0.5) is 8.78 Å². The maximum atomic E-state index is 13.8. The summed E-state index contributed by atoms with van der Waals surface area (Å²) >= 11 is 0. The second kappa shape index (κ2) is 9.39. The summed E-state index contributed by atoms with van der Waals surface area (Å²) in [5.41, 5.74) is -0.201. The molecule has 1 N–H and O–H groups in total. The normalized spacial score (nSPS) is 21.2. The molecule has 1 aromatic carbocycles. The number of nitrogens with one attached hydrogen (secondary N) is 1. The first-order valence-electron chi connectivity index (χ1n) is 8.63. The number of morpholine rings is 1. The average Bonchev–Trinajstić information content (AvgIpc) is 2.64. The molecule has 144 valence electrons. The molecule has 1 aromatic rings. The van der Waals surface area contributed by atoms with Crippen molar-refractivity contribution in [2.45, 2.75) is 25.3 Å². The monoisotopic (exact) mass is 388 g/mol. The largest absolute Gasteiger partial charge is 0.378 e. The first kappa shape index (κ1) is 20.7. The van der Waals surface area contributed by atoms with Gasteiger partial charge in [-0.1, -0.05) is 0 Å². The van der Waals surface area contributed by atoms with Crippen LogP contribution in [0.5, 0.6) is 0 Å². The molecule has 2 fully saturated rings. The lowest BCUT2D eigenvalue weighted by Gasteiger charge is -2.33. The van der Waals surface area contributed by atoms with Crippen LogP contribution >= 0.6 is 12.4 Å². The molecular weight excluding hydrogens is 366 g/mol. The number of ketones is 1. The molecule has 0 bridgehead atoms. The molecule has 2 heterocycles. The minimum absolute atomic E-state index is 0. The Labute approximate surface area is 157 Å². The maximum Gasteiger partial charge on any atom is 0.224 e. The lowest BCUT2D eigenvalue weighted by molar-refractivity contribution is -0.133. The summed E-state index contributed by atoms with van der Waals surface area (Å²) in [5, 5.41) is 3.25. The molecule has 1 atom stereocenters. The number of hydrogen-bond acceptors (Lipinski definition) is 4. The highest BCUT2D eigenvalue weighted by Crippen LogP contribution is 2.24. The summed E-state index contributed by atoms with van der Waals surface area (Å²) in [6.45, 7) is 2.85. The van der Waals surface area contributed by atoms with E-state index in [4.69, 9.17) is 4.74 Å². The number of likely N-dealkylation sites (tertiary alicyclic amines) is 1. The second-order valence-corrected chi connectivity index (χ2v) is 6.57.